The maximum atomic E-state index is 12.1. The number of fused-ring (bicyclic) bond motifs is 1. The highest BCUT2D eigenvalue weighted by Crippen LogP contribution is 2.30. The van der Waals surface area contributed by atoms with E-state index in [9.17, 15) is 4.79 Å². The van der Waals surface area contributed by atoms with Crippen LogP contribution in [0, 0.1) is 6.92 Å². The van der Waals surface area contributed by atoms with E-state index in [-0.39, 0.29) is 18.0 Å². The number of benzene rings is 1. The molecule has 1 heterocycles. The van der Waals surface area contributed by atoms with Gasteiger partial charge in [0, 0.05) is 23.5 Å². The number of urea groups is 1. The van der Waals surface area contributed by atoms with Crippen molar-refractivity contribution in [3.8, 4) is 0 Å². The van der Waals surface area contributed by atoms with E-state index in [4.69, 9.17) is 0 Å². The second-order valence-electron chi connectivity index (χ2n) is 5.87. The highest BCUT2D eigenvalue weighted by Gasteiger charge is 2.23. The Bertz CT molecular complexity index is 667. The molecular formula is C17H21N3OS. The van der Waals surface area contributed by atoms with Gasteiger partial charge >= 0.3 is 6.03 Å². The monoisotopic (exact) mass is 315 g/mol. The number of carbonyl (C=O) groups is 1. The van der Waals surface area contributed by atoms with Crippen molar-refractivity contribution < 1.29 is 4.79 Å². The maximum absolute atomic E-state index is 12.1. The number of rotatable bonds is 4. The summed E-state index contributed by atoms with van der Waals surface area (Å²) in [4.78, 5) is 16.6. The zero-order valence-corrected chi connectivity index (χ0v) is 13.7. The van der Waals surface area contributed by atoms with Crippen molar-refractivity contribution in [3.05, 3.63) is 51.5 Å². The minimum atomic E-state index is -0.0955. The molecule has 2 unspecified atom stereocenters. The standard InChI is InChI=1S/C17H21N3OS/c1-11(16-19-12(2)10-22-16)9-18-17(21)20-15-8-7-13-5-3-4-6-14(13)15/h3-6,10-11,15H,7-9H2,1-2H3,(H2,18,20,21). The Balaban J connectivity index is 1.51. The van der Waals surface area contributed by atoms with Gasteiger partial charge in [0.1, 0.15) is 0 Å². The molecule has 0 fully saturated rings. The summed E-state index contributed by atoms with van der Waals surface area (Å²) in [5.41, 5.74) is 3.64. The Morgan fingerprint density at radius 2 is 2.27 bits per heavy atom. The summed E-state index contributed by atoms with van der Waals surface area (Å²) in [6, 6.07) is 8.37. The normalized spacial score (nSPS) is 17.8. The number of nitrogens with one attached hydrogen (secondary N) is 2. The molecule has 0 aliphatic heterocycles. The molecule has 5 heteroatoms. The molecule has 0 saturated heterocycles. The summed E-state index contributed by atoms with van der Waals surface area (Å²) in [7, 11) is 0. The molecule has 1 aliphatic rings. The second-order valence-corrected chi connectivity index (χ2v) is 6.76. The first kappa shape index (κ1) is 15.0. The molecule has 22 heavy (non-hydrogen) atoms. The Labute approximate surface area is 135 Å². The van der Waals surface area contributed by atoms with Crippen molar-refractivity contribution in [2.45, 2.75) is 38.6 Å². The van der Waals surface area contributed by atoms with Gasteiger partial charge in [-0.3, -0.25) is 0 Å². The SMILES string of the molecule is Cc1csc(C(C)CNC(=O)NC2CCc3ccccc32)n1. The summed E-state index contributed by atoms with van der Waals surface area (Å²) in [6.07, 6.45) is 2.02. The number of hydrogen-bond acceptors (Lipinski definition) is 3. The third-order valence-electron chi connectivity index (χ3n) is 4.07. The van der Waals surface area contributed by atoms with Crippen molar-refractivity contribution in [1.82, 2.24) is 15.6 Å². The molecule has 1 aromatic heterocycles. The molecule has 0 bridgehead atoms. The summed E-state index contributed by atoms with van der Waals surface area (Å²) >= 11 is 1.65. The van der Waals surface area contributed by atoms with Gasteiger partial charge in [0.05, 0.1) is 11.0 Å². The van der Waals surface area contributed by atoms with Gasteiger partial charge in [-0.1, -0.05) is 31.2 Å². The Hall–Kier alpha value is -1.88. The molecule has 3 rings (SSSR count). The minimum Gasteiger partial charge on any atom is -0.337 e. The number of aryl methyl sites for hydroxylation is 2. The van der Waals surface area contributed by atoms with Gasteiger partial charge in [-0.25, -0.2) is 9.78 Å². The highest BCUT2D eigenvalue weighted by atomic mass is 32.1. The van der Waals surface area contributed by atoms with E-state index in [1.54, 1.807) is 11.3 Å². The number of carbonyl (C=O) groups excluding carboxylic acids is 1. The van der Waals surface area contributed by atoms with Crippen LogP contribution in [0.25, 0.3) is 0 Å². The Morgan fingerprint density at radius 3 is 3.05 bits per heavy atom. The third kappa shape index (κ3) is 3.30. The molecule has 2 atom stereocenters. The van der Waals surface area contributed by atoms with E-state index < -0.39 is 0 Å². The first-order valence-corrected chi connectivity index (χ1v) is 8.55. The Kier molecular flexibility index (Phi) is 4.43. The van der Waals surface area contributed by atoms with Gasteiger partial charge in [-0.15, -0.1) is 11.3 Å². The Morgan fingerprint density at radius 1 is 1.45 bits per heavy atom. The van der Waals surface area contributed by atoms with E-state index in [0.29, 0.717) is 6.54 Å². The van der Waals surface area contributed by atoms with Crippen LogP contribution in [0.4, 0.5) is 4.79 Å². The van der Waals surface area contributed by atoms with Gasteiger partial charge < -0.3 is 10.6 Å². The van der Waals surface area contributed by atoms with Gasteiger partial charge in [-0.2, -0.15) is 0 Å². The fourth-order valence-electron chi connectivity index (χ4n) is 2.85. The van der Waals surface area contributed by atoms with Crippen molar-refractivity contribution in [2.24, 2.45) is 0 Å². The first-order chi connectivity index (χ1) is 10.6. The molecule has 0 spiro atoms. The average molecular weight is 315 g/mol. The van der Waals surface area contributed by atoms with E-state index in [1.165, 1.54) is 11.1 Å². The highest BCUT2D eigenvalue weighted by molar-refractivity contribution is 7.09. The fourth-order valence-corrected chi connectivity index (χ4v) is 3.70. The molecule has 4 nitrogen and oxygen atoms in total. The molecule has 2 N–H and O–H groups in total. The largest absolute Gasteiger partial charge is 0.337 e. The topological polar surface area (TPSA) is 54.0 Å². The molecule has 116 valence electrons. The lowest BCUT2D eigenvalue weighted by Crippen LogP contribution is -2.39. The molecule has 1 aliphatic carbocycles. The van der Waals surface area contributed by atoms with E-state index in [2.05, 4.69) is 40.7 Å². The second kappa shape index (κ2) is 6.48. The molecule has 2 aromatic rings. The van der Waals surface area contributed by atoms with Crippen LogP contribution in [0.2, 0.25) is 0 Å². The summed E-state index contributed by atoms with van der Waals surface area (Å²) in [5.74, 6) is 0.236. The van der Waals surface area contributed by atoms with Gasteiger partial charge in [0.2, 0.25) is 0 Å². The van der Waals surface area contributed by atoms with Crippen LogP contribution in [0.5, 0.6) is 0 Å². The summed E-state index contributed by atoms with van der Waals surface area (Å²) in [6.45, 7) is 4.68. The molecular weight excluding hydrogens is 294 g/mol. The van der Waals surface area contributed by atoms with Crippen LogP contribution in [0.3, 0.4) is 0 Å². The lowest BCUT2D eigenvalue weighted by Gasteiger charge is -2.16. The maximum Gasteiger partial charge on any atom is 0.315 e. The van der Waals surface area contributed by atoms with Crippen LogP contribution in [-0.4, -0.2) is 17.6 Å². The third-order valence-corrected chi connectivity index (χ3v) is 5.26. The van der Waals surface area contributed by atoms with Crippen LogP contribution in [0.15, 0.2) is 29.6 Å². The number of amides is 2. The van der Waals surface area contributed by atoms with Crippen LogP contribution < -0.4 is 10.6 Å². The number of hydrogen-bond donors (Lipinski definition) is 2. The average Bonchev–Trinajstić information content (AvgIpc) is 3.12. The van der Waals surface area contributed by atoms with E-state index in [1.807, 2.05) is 18.4 Å². The zero-order valence-electron chi connectivity index (χ0n) is 12.9. The van der Waals surface area contributed by atoms with Gasteiger partial charge in [0.25, 0.3) is 0 Å². The number of nitrogens with zero attached hydrogens (tertiary/aromatic N) is 1. The smallest absolute Gasteiger partial charge is 0.315 e. The molecule has 2 amide bonds. The van der Waals surface area contributed by atoms with Crippen LogP contribution in [0.1, 0.15) is 47.1 Å². The lowest BCUT2D eigenvalue weighted by atomic mass is 10.1. The van der Waals surface area contributed by atoms with E-state index >= 15 is 0 Å². The molecule has 1 aromatic carbocycles. The first-order valence-electron chi connectivity index (χ1n) is 7.67. The van der Waals surface area contributed by atoms with Crippen molar-refractivity contribution in [2.75, 3.05) is 6.54 Å². The van der Waals surface area contributed by atoms with Crippen molar-refractivity contribution in [3.63, 3.8) is 0 Å². The number of thiazole rings is 1. The lowest BCUT2D eigenvalue weighted by molar-refractivity contribution is 0.236. The van der Waals surface area contributed by atoms with Crippen LogP contribution >= 0.6 is 11.3 Å². The number of aromatic nitrogens is 1. The fraction of sp³-hybridized carbons (Fsp3) is 0.412. The predicted molar refractivity (Wildman–Crippen MR) is 89.3 cm³/mol. The van der Waals surface area contributed by atoms with Gasteiger partial charge in [-0.05, 0) is 30.9 Å². The summed E-state index contributed by atoms with van der Waals surface area (Å²) < 4.78 is 0. The molecule has 0 radical (unpaired) electrons. The minimum absolute atomic E-state index is 0.0955. The van der Waals surface area contributed by atoms with Crippen LogP contribution in [-0.2, 0) is 6.42 Å². The molecule has 0 saturated carbocycles. The van der Waals surface area contributed by atoms with Crippen molar-refractivity contribution in [1.29, 1.82) is 0 Å². The predicted octanol–water partition coefficient (Wildman–Crippen LogP) is 3.54. The van der Waals surface area contributed by atoms with E-state index in [0.717, 1.165) is 23.5 Å². The van der Waals surface area contributed by atoms with Gasteiger partial charge in [0.15, 0.2) is 0 Å². The quantitative estimate of drug-likeness (QED) is 0.906. The van der Waals surface area contributed by atoms with Crippen molar-refractivity contribution >= 4 is 17.4 Å². The summed E-state index contributed by atoms with van der Waals surface area (Å²) in [5, 5.41) is 9.16. The zero-order chi connectivity index (χ0) is 15.5.